The number of nitrogens with zero attached hydrogens (tertiary/aromatic N) is 1. The second kappa shape index (κ2) is 7.61. The number of rotatable bonds is 6. The lowest BCUT2D eigenvalue weighted by atomic mass is 10.0. The molecule has 3 rings (SSSR count). The van der Waals surface area contributed by atoms with E-state index in [1.54, 1.807) is 0 Å². The molecule has 1 aliphatic rings. The van der Waals surface area contributed by atoms with Gasteiger partial charge in [-0.2, -0.15) is 0 Å². The number of amides is 2. The van der Waals surface area contributed by atoms with Crippen molar-refractivity contribution in [3.05, 3.63) is 54.1 Å². The van der Waals surface area contributed by atoms with E-state index in [0.29, 0.717) is 18.2 Å². The normalized spacial score (nSPS) is 15.7. The lowest BCUT2D eigenvalue weighted by Gasteiger charge is -2.19. The summed E-state index contributed by atoms with van der Waals surface area (Å²) in [5, 5.41) is 2.95. The van der Waals surface area contributed by atoms with Crippen LogP contribution in [0.15, 0.2) is 53.4 Å². The molecule has 0 aliphatic carbocycles. The second-order valence-electron chi connectivity index (χ2n) is 6.14. The van der Waals surface area contributed by atoms with Crippen LogP contribution in [-0.2, 0) is 9.59 Å². The third-order valence-electron chi connectivity index (χ3n) is 4.17. The maximum Gasteiger partial charge on any atom is 0.243 e. The van der Waals surface area contributed by atoms with E-state index < -0.39 is 0 Å². The summed E-state index contributed by atoms with van der Waals surface area (Å²) in [4.78, 5) is 26.5. The number of nitrogens with two attached hydrogens (primary N) is 1. The number of carbonyl (C=O) groups is 2. The quantitative estimate of drug-likeness (QED) is 0.782. The van der Waals surface area contributed by atoms with E-state index in [1.165, 1.54) is 17.3 Å². The fourth-order valence-electron chi connectivity index (χ4n) is 3.08. The number of primary amides is 1. The van der Waals surface area contributed by atoms with Gasteiger partial charge in [0.05, 0.1) is 18.0 Å². The van der Waals surface area contributed by atoms with E-state index in [2.05, 4.69) is 29.3 Å². The van der Waals surface area contributed by atoms with E-state index in [0.717, 1.165) is 17.1 Å². The van der Waals surface area contributed by atoms with Crippen molar-refractivity contribution in [1.82, 2.24) is 0 Å². The highest BCUT2D eigenvalue weighted by molar-refractivity contribution is 8.00. The lowest BCUT2D eigenvalue weighted by Crippen LogP contribution is -2.32. The summed E-state index contributed by atoms with van der Waals surface area (Å²) in [6.07, 6.45) is 0. The van der Waals surface area contributed by atoms with Gasteiger partial charge in [-0.15, -0.1) is 11.8 Å². The number of hydrogen-bond acceptors (Lipinski definition) is 4. The first kappa shape index (κ1) is 17.4. The van der Waals surface area contributed by atoms with Crippen molar-refractivity contribution in [2.45, 2.75) is 17.7 Å². The van der Waals surface area contributed by atoms with Gasteiger partial charge in [0.15, 0.2) is 0 Å². The summed E-state index contributed by atoms with van der Waals surface area (Å²) < 4.78 is 0. The number of para-hydroxylation sites is 2. The molecule has 0 radical (unpaired) electrons. The number of benzene rings is 2. The Morgan fingerprint density at radius 3 is 2.72 bits per heavy atom. The predicted molar refractivity (Wildman–Crippen MR) is 102 cm³/mol. The fraction of sp³-hybridized carbons (Fsp3) is 0.263. The van der Waals surface area contributed by atoms with Gasteiger partial charge in [0, 0.05) is 23.0 Å². The van der Waals surface area contributed by atoms with Gasteiger partial charge in [-0.3, -0.25) is 9.59 Å². The zero-order valence-electron chi connectivity index (χ0n) is 14.1. The largest absolute Gasteiger partial charge is 0.369 e. The molecule has 0 spiro atoms. The topological polar surface area (TPSA) is 75.4 Å². The van der Waals surface area contributed by atoms with Crippen LogP contribution in [0.3, 0.4) is 0 Å². The molecule has 1 unspecified atom stereocenters. The Morgan fingerprint density at radius 2 is 1.92 bits per heavy atom. The Kier molecular flexibility index (Phi) is 5.28. The summed E-state index contributed by atoms with van der Waals surface area (Å²) in [5.41, 5.74) is 8.32. The SMILES string of the molecule is CC1CN(CC(=O)Nc2ccccc2SCC(N)=O)c2ccccc21. The van der Waals surface area contributed by atoms with Crippen LogP contribution < -0.4 is 16.0 Å². The molecule has 0 saturated heterocycles. The van der Waals surface area contributed by atoms with Gasteiger partial charge in [-0.1, -0.05) is 37.3 Å². The maximum absolute atomic E-state index is 12.5. The van der Waals surface area contributed by atoms with Crippen molar-refractivity contribution in [3.63, 3.8) is 0 Å². The van der Waals surface area contributed by atoms with E-state index in [9.17, 15) is 9.59 Å². The van der Waals surface area contributed by atoms with E-state index in [-0.39, 0.29) is 17.6 Å². The average molecular weight is 355 g/mol. The summed E-state index contributed by atoms with van der Waals surface area (Å²) >= 11 is 1.33. The van der Waals surface area contributed by atoms with Crippen LogP contribution >= 0.6 is 11.8 Å². The summed E-state index contributed by atoms with van der Waals surface area (Å²) in [7, 11) is 0. The Morgan fingerprint density at radius 1 is 1.20 bits per heavy atom. The molecule has 1 aliphatic heterocycles. The van der Waals surface area contributed by atoms with Gasteiger partial charge < -0.3 is 16.0 Å². The predicted octanol–water partition coefficient (Wildman–Crippen LogP) is 2.83. The molecule has 2 amide bonds. The number of anilines is 2. The van der Waals surface area contributed by atoms with Crippen LogP contribution in [0.2, 0.25) is 0 Å². The smallest absolute Gasteiger partial charge is 0.243 e. The van der Waals surface area contributed by atoms with Crippen LogP contribution in [0.25, 0.3) is 0 Å². The van der Waals surface area contributed by atoms with Gasteiger partial charge in [-0.25, -0.2) is 0 Å². The fourth-order valence-corrected chi connectivity index (χ4v) is 3.82. The molecule has 3 N–H and O–H groups in total. The molecule has 0 saturated carbocycles. The van der Waals surface area contributed by atoms with Gasteiger partial charge in [0.1, 0.15) is 0 Å². The van der Waals surface area contributed by atoms with Gasteiger partial charge in [-0.05, 0) is 23.8 Å². The first-order chi connectivity index (χ1) is 12.0. The Hall–Kier alpha value is -2.47. The molecule has 130 valence electrons. The molecule has 0 bridgehead atoms. The average Bonchev–Trinajstić information content (AvgIpc) is 2.90. The van der Waals surface area contributed by atoms with E-state index in [4.69, 9.17) is 5.73 Å². The molecule has 0 fully saturated rings. The van der Waals surface area contributed by atoms with Crippen molar-refractivity contribution in [3.8, 4) is 0 Å². The second-order valence-corrected chi connectivity index (χ2v) is 7.16. The van der Waals surface area contributed by atoms with Crippen LogP contribution in [-0.4, -0.2) is 30.7 Å². The van der Waals surface area contributed by atoms with Crippen LogP contribution in [0.4, 0.5) is 11.4 Å². The van der Waals surface area contributed by atoms with Crippen LogP contribution in [0, 0.1) is 0 Å². The van der Waals surface area contributed by atoms with E-state index in [1.807, 2.05) is 36.4 Å². The molecular formula is C19H21N3O2S. The maximum atomic E-state index is 12.5. The van der Waals surface area contributed by atoms with Crippen molar-refractivity contribution < 1.29 is 9.59 Å². The molecule has 1 heterocycles. The van der Waals surface area contributed by atoms with Gasteiger partial charge in [0.2, 0.25) is 11.8 Å². The zero-order chi connectivity index (χ0) is 17.8. The monoisotopic (exact) mass is 355 g/mol. The molecule has 2 aromatic rings. The Balaban J connectivity index is 1.67. The summed E-state index contributed by atoms with van der Waals surface area (Å²) in [6, 6.07) is 15.6. The number of fused-ring (bicyclic) bond motifs is 1. The Labute approximate surface area is 151 Å². The molecule has 2 aromatic carbocycles. The van der Waals surface area contributed by atoms with Crippen molar-refractivity contribution >= 4 is 35.0 Å². The number of nitrogens with one attached hydrogen (secondary N) is 1. The molecule has 5 nitrogen and oxygen atoms in total. The number of carbonyl (C=O) groups excluding carboxylic acids is 2. The van der Waals surface area contributed by atoms with Crippen LogP contribution in [0.1, 0.15) is 18.4 Å². The van der Waals surface area contributed by atoms with Crippen LogP contribution in [0.5, 0.6) is 0 Å². The Bertz CT molecular complexity index is 794. The summed E-state index contributed by atoms with van der Waals surface area (Å²) in [5.74, 6) is 0.149. The standard InChI is InChI=1S/C19H21N3O2S/c1-13-10-22(16-8-4-2-6-14(13)16)11-19(24)21-15-7-3-5-9-17(15)25-12-18(20)23/h2-9,13H,10-12H2,1H3,(H2,20,23)(H,21,24). The molecule has 1 atom stereocenters. The third-order valence-corrected chi connectivity index (χ3v) is 5.26. The minimum Gasteiger partial charge on any atom is -0.369 e. The molecule has 6 heteroatoms. The van der Waals surface area contributed by atoms with Crippen molar-refractivity contribution in [1.29, 1.82) is 0 Å². The molecular weight excluding hydrogens is 334 g/mol. The highest BCUT2D eigenvalue weighted by atomic mass is 32.2. The van der Waals surface area contributed by atoms with Gasteiger partial charge in [0.25, 0.3) is 0 Å². The van der Waals surface area contributed by atoms with Crippen molar-refractivity contribution in [2.75, 3.05) is 29.1 Å². The summed E-state index contributed by atoms with van der Waals surface area (Å²) in [6.45, 7) is 3.31. The molecule has 25 heavy (non-hydrogen) atoms. The number of hydrogen-bond donors (Lipinski definition) is 2. The first-order valence-corrected chi connectivity index (χ1v) is 9.17. The minimum atomic E-state index is -0.381. The van der Waals surface area contributed by atoms with E-state index >= 15 is 0 Å². The number of thioether (sulfide) groups is 1. The zero-order valence-corrected chi connectivity index (χ0v) is 14.9. The molecule has 0 aromatic heterocycles. The lowest BCUT2D eigenvalue weighted by molar-refractivity contribution is -0.116. The minimum absolute atomic E-state index is 0.0731. The highest BCUT2D eigenvalue weighted by Crippen LogP contribution is 2.35. The third kappa shape index (κ3) is 4.14. The van der Waals surface area contributed by atoms with Gasteiger partial charge >= 0.3 is 0 Å². The van der Waals surface area contributed by atoms with Crippen molar-refractivity contribution in [2.24, 2.45) is 5.73 Å². The first-order valence-electron chi connectivity index (χ1n) is 8.18. The highest BCUT2D eigenvalue weighted by Gasteiger charge is 2.26.